The quantitative estimate of drug-likeness (QED) is 0.0477. The van der Waals surface area contributed by atoms with Crippen LogP contribution in [0.4, 0.5) is 0 Å². The number of carbonyl (C=O) groups excluding carboxylic acids is 4. The molecular formula is C42H55ClN8O6. The first kappa shape index (κ1) is 45.8. The average molecular weight is 803 g/mol. The highest BCUT2D eigenvalue weighted by atomic mass is 35.5. The maximum atomic E-state index is 12.7. The second-order valence-electron chi connectivity index (χ2n) is 13.6. The van der Waals surface area contributed by atoms with Crippen molar-refractivity contribution in [3.8, 4) is 0 Å². The van der Waals surface area contributed by atoms with Gasteiger partial charge in [-0.2, -0.15) is 0 Å². The van der Waals surface area contributed by atoms with Crippen molar-refractivity contribution < 1.29 is 29.4 Å². The van der Waals surface area contributed by atoms with Crippen LogP contribution in [0.1, 0.15) is 75.3 Å². The molecule has 0 fully saturated rings. The largest absolute Gasteiger partial charge is 0.395 e. The molecule has 2 aliphatic carbocycles. The van der Waals surface area contributed by atoms with Gasteiger partial charge in [0.15, 0.2) is 0 Å². The Labute approximate surface area is 338 Å². The number of aliphatic hydroxyl groups is 2. The van der Waals surface area contributed by atoms with Crippen molar-refractivity contribution in [2.75, 3.05) is 26.3 Å². The number of rotatable bonds is 22. The zero-order valence-corrected chi connectivity index (χ0v) is 32.9. The molecule has 2 aliphatic rings. The van der Waals surface area contributed by atoms with Crippen LogP contribution in [0.2, 0.25) is 5.02 Å². The standard InChI is InChI=1S/C21H27ClN4O3.C21H28N4O3/c22-17-9-7-14(8-10-17)15-5-6-16(13-15)20(28)26-18(21(29)25-11-12-27)3-1-2-4-19(23)24;22-19(23)9-5-4-8-18(21(28)24-12-13-26)25-20(27)17-11-10-16(14-17)15-6-2-1-3-7-15/h5-10,18,27H,1-4,11-13H2,(H3,23,24)(H,25,29)(H,26,28);1-3,6-7,10-11,18,26H,4-5,8-9,12-14H2,(H3,22,23)(H,24,28)(H,25,27). The number of halogens is 1. The number of allylic oxidation sites excluding steroid dienone is 6. The van der Waals surface area contributed by atoms with Crippen molar-refractivity contribution in [1.82, 2.24) is 21.3 Å². The zero-order chi connectivity index (χ0) is 41.6. The third kappa shape index (κ3) is 16.6. The maximum absolute atomic E-state index is 12.7. The van der Waals surface area contributed by atoms with E-state index in [1.165, 1.54) is 0 Å². The number of nitrogens with two attached hydrogens (primary N) is 2. The molecule has 2 unspecified atom stereocenters. The van der Waals surface area contributed by atoms with Gasteiger partial charge in [-0.3, -0.25) is 30.0 Å². The summed E-state index contributed by atoms with van der Waals surface area (Å²) in [4.78, 5) is 50.0. The van der Waals surface area contributed by atoms with E-state index in [4.69, 9.17) is 44.1 Å². The lowest BCUT2D eigenvalue weighted by Crippen LogP contribution is -2.47. The van der Waals surface area contributed by atoms with Crippen LogP contribution < -0.4 is 32.7 Å². The van der Waals surface area contributed by atoms with Gasteiger partial charge in [0.05, 0.1) is 24.9 Å². The summed E-state index contributed by atoms with van der Waals surface area (Å²) < 4.78 is 0. The van der Waals surface area contributed by atoms with Gasteiger partial charge in [-0.05, 0) is 60.1 Å². The highest BCUT2D eigenvalue weighted by Gasteiger charge is 2.25. The first-order valence-corrected chi connectivity index (χ1v) is 19.4. The van der Waals surface area contributed by atoms with E-state index < -0.39 is 12.1 Å². The lowest BCUT2D eigenvalue weighted by Gasteiger charge is -2.19. The van der Waals surface area contributed by atoms with Crippen LogP contribution in [-0.4, -0.2) is 83.9 Å². The number of hydrogen-bond donors (Lipinski definition) is 10. The maximum Gasteiger partial charge on any atom is 0.248 e. The third-order valence-electron chi connectivity index (χ3n) is 9.12. The van der Waals surface area contributed by atoms with Gasteiger partial charge < -0.3 is 42.9 Å². The molecule has 0 saturated carbocycles. The van der Waals surface area contributed by atoms with Crippen molar-refractivity contribution in [3.05, 3.63) is 106 Å². The summed E-state index contributed by atoms with van der Waals surface area (Å²) in [7, 11) is 0. The molecule has 4 rings (SSSR count). The van der Waals surface area contributed by atoms with Crippen LogP contribution in [-0.2, 0) is 19.2 Å². The average Bonchev–Trinajstić information content (AvgIpc) is 3.91. The summed E-state index contributed by atoms with van der Waals surface area (Å²) >= 11 is 5.92. The van der Waals surface area contributed by atoms with Gasteiger partial charge in [-0.25, -0.2) is 0 Å². The fourth-order valence-corrected chi connectivity index (χ4v) is 6.17. The van der Waals surface area contributed by atoms with Crippen LogP contribution in [0.25, 0.3) is 11.1 Å². The Balaban J connectivity index is 0.000000306. The van der Waals surface area contributed by atoms with E-state index in [0.717, 1.165) is 22.3 Å². The minimum Gasteiger partial charge on any atom is -0.395 e. The lowest BCUT2D eigenvalue weighted by molar-refractivity contribution is -0.127. The van der Waals surface area contributed by atoms with Gasteiger partial charge in [0.1, 0.15) is 12.1 Å². The summed E-state index contributed by atoms with van der Waals surface area (Å²) in [6.45, 7) is -0.0623. The number of amidine groups is 2. The second kappa shape index (κ2) is 24.8. The molecule has 0 aliphatic heterocycles. The predicted molar refractivity (Wildman–Crippen MR) is 224 cm³/mol. The first-order chi connectivity index (χ1) is 27.4. The fraction of sp³-hybridized carbons (Fsp3) is 0.381. The summed E-state index contributed by atoms with van der Waals surface area (Å²) in [5, 5.41) is 43.8. The summed E-state index contributed by atoms with van der Waals surface area (Å²) in [5.41, 5.74) is 16.0. The molecule has 2 aromatic rings. The summed E-state index contributed by atoms with van der Waals surface area (Å²) in [6.07, 6.45) is 12.8. The molecule has 2 atom stereocenters. The molecule has 0 spiro atoms. The first-order valence-electron chi connectivity index (χ1n) is 19.1. The van der Waals surface area contributed by atoms with Gasteiger partial charge in [0.25, 0.3) is 0 Å². The minimum atomic E-state index is -0.707. The Hall–Kier alpha value is -5.57. The molecular weight excluding hydrogens is 748 g/mol. The monoisotopic (exact) mass is 802 g/mol. The number of unbranched alkanes of at least 4 members (excludes halogenated alkanes) is 2. The summed E-state index contributed by atoms with van der Waals surface area (Å²) in [5.74, 6) is -0.994. The smallest absolute Gasteiger partial charge is 0.248 e. The normalized spacial score (nSPS) is 14.0. The number of benzene rings is 2. The van der Waals surface area contributed by atoms with Crippen molar-refractivity contribution >= 4 is 58.0 Å². The van der Waals surface area contributed by atoms with Gasteiger partial charge in [0.2, 0.25) is 23.6 Å². The van der Waals surface area contributed by atoms with E-state index >= 15 is 0 Å². The molecule has 306 valence electrons. The molecule has 0 heterocycles. The van der Waals surface area contributed by atoms with Gasteiger partial charge in [0, 0.05) is 54.9 Å². The zero-order valence-electron chi connectivity index (χ0n) is 32.1. The van der Waals surface area contributed by atoms with E-state index in [2.05, 4.69) is 21.3 Å². The van der Waals surface area contributed by atoms with Gasteiger partial charge in [-0.1, -0.05) is 91.2 Å². The number of aliphatic hydroxyl groups excluding tert-OH is 2. The van der Waals surface area contributed by atoms with E-state index in [1.807, 2.05) is 54.6 Å². The van der Waals surface area contributed by atoms with E-state index in [9.17, 15) is 19.2 Å². The molecule has 4 amide bonds. The Morgan fingerprint density at radius 2 is 1.05 bits per heavy atom. The topological polar surface area (TPSA) is 257 Å². The number of hydrogen-bond acceptors (Lipinski definition) is 8. The SMILES string of the molecule is N=C(N)CCCCC(NC(=O)C1=CC=C(c2ccc(Cl)cc2)C1)C(=O)NCCO.N=C(N)CCCCC(NC(=O)C1=CC=C(c2ccccc2)C1)C(=O)NCCO. The second-order valence-corrected chi connectivity index (χ2v) is 14.1. The Bertz CT molecular complexity index is 1820. The van der Waals surface area contributed by atoms with Crippen molar-refractivity contribution in [2.45, 2.75) is 76.3 Å². The Kier molecular flexibility index (Phi) is 20.0. The van der Waals surface area contributed by atoms with E-state index in [-0.39, 0.29) is 61.6 Å². The van der Waals surface area contributed by atoms with Gasteiger partial charge >= 0.3 is 0 Å². The Morgan fingerprint density at radius 3 is 1.46 bits per heavy atom. The van der Waals surface area contributed by atoms with Crippen LogP contribution in [0.15, 0.2) is 90.0 Å². The Morgan fingerprint density at radius 1 is 0.632 bits per heavy atom. The molecule has 14 nitrogen and oxygen atoms in total. The molecule has 15 heteroatoms. The number of nitrogens with one attached hydrogen (secondary N) is 6. The summed E-state index contributed by atoms with van der Waals surface area (Å²) in [6, 6.07) is 15.9. The minimum absolute atomic E-state index is 0.104. The van der Waals surface area contributed by atoms with E-state index in [1.54, 1.807) is 24.3 Å². The van der Waals surface area contributed by atoms with Gasteiger partial charge in [-0.15, -0.1) is 0 Å². The lowest BCUT2D eigenvalue weighted by atomic mass is 10.0. The number of amides is 4. The van der Waals surface area contributed by atoms with Crippen molar-refractivity contribution in [3.63, 3.8) is 0 Å². The third-order valence-corrected chi connectivity index (χ3v) is 9.37. The van der Waals surface area contributed by atoms with Crippen LogP contribution in [0, 0.1) is 10.8 Å². The fourth-order valence-electron chi connectivity index (χ4n) is 6.05. The van der Waals surface area contributed by atoms with Crippen molar-refractivity contribution in [2.24, 2.45) is 11.5 Å². The predicted octanol–water partition coefficient (Wildman–Crippen LogP) is 3.63. The van der Waals surface area contributed by atoms with Crippen molar-refractivity contribution in [1.29, 1.82) is 10.8 Å². The molecule has 0 saturated heterocycles. The molecule has 57 heavy (non-hydrogen) atoms. The molecule has 12 N–H and O–H groups in total. The molecule has 0 aromatic heterocycles. The van der Waals surface area contributed by atoms with Crippen LogP contribution in [0.3, 0.4) is 0 Å². The number of carbonyl (C=O) groups is 4. The highest BCUT2D eigenvalue weighted by molar-refractivity contribution is 6.30. The molecule has 0 radical (unpaired) electrons. The highest BCUT2D eigenvalue weighted by Crippen LogP contribution is 2.30. The molecule has 0 bridgehead atoms. The van der Waals surface area contributed by atoms with E-state index in [0.29, 0.717) is 80.4 Å². The molecule has 2 aromatic carbocycles. The van der Waals surface area contributed by atoms with Crippen LogP contribution in [0.5, 0.6) is 0 Å². The van der Waals surface area contributed by atoms with Crippen LogP contribution >= 0.6 is 11.6 Å².